The highest BCUT2D eigenvalue weighted by Crippen LogP contribution is 2.11. The predicted octanol–water partition coefficient (Wildman–Crippen LogP) is 2.33. The Hall–Kier alpha value is -1.46. The van der Waals surface area contributed by atoms with E-state index < -0.39 is 8.56 Å². The summed E-state index contributed by atoms with van der Waals surface area (Å²) in [6.07, 6.45) is 0.960. The first-order valence-corrected chi connectivity index (χ1v) is 9.53. The molecule has 2 rings (SSSR count). The summed E-state index contributed by atoms with van der Waals surface area (Å²) in [7, 11) is -1.00. The Morgan fingerprint density at radius 2 is 1.23 bits per heavy atom. The topological polar surface area (TPSA) is 27.7 Å². The molecule has 0 unspecified atom stereocenters. The molecule has 0 amide bonds. The molecule has 0 bridgehead atoms. The molecule has 0 aliphatic heterocycles. The van der Waals surface area contributed by atoms with Crippen molar-refractivity contribution in [1.29, 1.82) is 0 Å². The Balaban J connectivity index is 2.43. The van der Waals surface area contributed by atoms with Crippen molar-refractivity contribution < 1.29 is 13.6 Å². The average molecular weight is 316 g/mol. The highest BCUT2D eigenvalue weighted by Gasteiger charge is 2.42. The first kappa shape index (κ1) is 16.9. The van der Waals surface area contributed by atoms with Crippen LogP contribution in [0.3, 0.4) is 0 Å². The highest BCUT2D eigenvalue weighted by atomic mass is 28.4. The smallest absolute Gasteiger partial charge is 0.388 e. The van der Waals surface area contributed by atoms with E-state index in [1.165, 1.54) is 0 Å². The van der Waals surface area contributed by atoms with Gasteiger partial charge in [0.1, 0.15) is 0 Å². The lowest BCUT2D eigenvalue weighted by atomic mass is 10.4. The summed E-state index contributed by atoms with van der Waals surface area (Å²) >= 11 is 0. The summed E-state index contributed by atoms with van der Waals surface area (Å²) in [6, 6.07) is 20.6. The van der Waals surface area contributed by atoms with Crippen LogP contribution in [0.4, 0.5) is 0 Å². The maximum atomic E-state index is 6.36. The Morgan fingerprint density at radius 1 is 0.727 bits per heavy atom. The second-order valence-corrected chi connectivity index (χ2v) is 8.00. The highest BCUT2D eigenvalue weighted by molar-refractivity contribution is 6.92. The molecule has 0 saturated carbocycles. The fourth-order valence-corrected chi connectivity index (χ4v) is 5.58. The number of hydrogen-bond acceptors (Lipinski definition) is 3. The molecule has 3 nitrogen and oxygen atoms in total. The fourth-order valence-electron chi connectivity index (χ4n) is 2.37. The maximum absolute atomic E-state index is 6.36. The summed E-state index contributed by atoms with van der Waals surface area (Å²) in [5, 5.41) is 2.26. The van der Waals surface area contributed by atoms with Crippen molar-refractivity contribution in [1.82, 2.24) is 0 Å². The zero-order valence-corrected chi connectivity index (χ0v) is 14.3. The van der Waals surface area contributed by atoms with Crippen LogP contribution < -0.4 is 10.4 Å². The van der Waals surface area contributed by atoms with Gasteiger partial charge >= 0.3 is 8.56 Å². The minimum absolute atomic E-state index is 0.524. The third kappa shape index (κ3) is 4.05. The molecule has 0 atom stereocenters. The van der Waals surface area contributed by atoms with Crippen LogP contribution in [0.5, 0.6) is 0 Å². The molecule has 0 fully saturated rings. The van der Waals surface area contributed by atoms with Gasteiger partial charge in [0.15, 0.2) is 0 Å². The monoisotopic (exact) mass is 316 g/mol. The summed E-state index contributed by atoms with van der Waals surface area (Å²) in [4.78, 5) is 0. The van der Waals surface area contributed by atoms with E-state index in [1.54, 1.807) is 7.11 Å². The average Bonchev–Trinajstić information content (AvgIpc) is 2.60. The molecule has 0 aromatic heterocycles. The van der Waals surface area contributed by atoms with Gasteiger partial charge in [-0.15, -0.1) is 0 Å². The van der Waals surface area contributed by atoms with E-state index >= 15 is 0 Å². The van der Waals surface area contributed by atoms with Gasteiger partial charge in [0.2, 0.25) is 0 Å². The quantitative estimate of drug-likeness (QED) is 0.525. The lowest BCUT2D eigenvalue weighted by molar-refractivity contribution is 0.118. The van der Waals surface area contributed by atoms with E-state index in [-0.39, 0.29) is 0 Å². The van der Waals surface area contributed by atoms with Gasteiger partial charge in [-0.1, -0.05) is 67.6 Å². The van der Waals surface area contributed by atoms with E-state index in [0.717, 1.165) is 16.8 Å². The third-order valence-electron chi connectivity index (χ3n) is 3.41. The molecule has 22 heavy (non-hydrogen) atoms. The minimum Gasteiger partial charge on any atom is -0.388 e. The van der Waals surface area contributed by atoms with Gasteiger partial charge < -0.3 is 13.6 Å². The number of methoxy groups -OCH3 is 1. The van der Waals surface area contributed by atoms with Crippen molar-refractivity contribution in [2.24, 2.45) is 0 Å². The lowest BCUT2D eigenvalue weighted by Crippen LogP contribution is -2.63. The van der Waals surface area contributed by atoms with Crippen LogP contribution in [0.1, 0.15) is 13.3 Å². The molecule has 0 heterocycles. The molecular formula is C18H24O3Si. The van der Waals surface area contributed by atoms with Crippen LogP contribution >= 0.6 is 0 Å². The largest absolute Gasteiger partial charge is 0.407 e. The third-order valence-corrected chi connectivity index (χ3v) is 6.82. The Morgan fingerprint density at radius 3 is 1.68 bits per heavy atom. The molecule has 0 N–H and O–H groups in total. The van der Waals surface area contributed by atoms with Crippen LogP contribution in [-0.2, 0) is 13.6 Å². The molecule has 118 valence electrons. The Kier molecular flexibility index (Phi) is 6.80. The van der Waals surface area contributed by atoms with Crippen LogP contribution in [0.2, 0.25) is 0 Å². The fraction of sp³-hybridized carbons (Fsp3) is 0.333. The Bertz CT molecular complexity index is 491. The molecule has 2 aromatic rings. The molecule has 0 radical (unpaired) electrons. The zero-order chi connectivity index (χ0) is 15.7. The van der Waals surface area contributed by atoms with Crippen molar-refractivity contribution in [3.63, 3.8) is 0 Å². The first-order valence-electron chi connectivity index (χ1n) is 7.71. The summed E-state index contributed by atoms with van der Waals surface area (Å²) in [5.74, 6) is 0. The van der Waals surface area contributed by atoms with Crippen LogP contribution in [0.25, 0.3) is 0 Å². The van der Waals surface area contributed by atoms with E-state index in [2.05, 4.69) is 31.2 Å². The van der Waals surface area contributed by atoms with Gasteiger partial charge in [0, 0.05) is 13.7 Å². The zero-order valence-electron chi connectivity index (χ0n) is 13.3. The van der Waals surface area contributed by atoms with Gasteiger partial charge in [-0.05, 0) is 16.8 Å². The molecule has 0 spiro atoms. The van der Waals surface area contributed by atoms with Crippen LogP contribution in [-0.4, -0.2) is 35.5 Å². The predicted molar refractivity (Wildman–Crippen MR) is 92.0 cm³/mol. The van der Waals surface area contributed by atoms with E-state index in [4.69, 9.17) is 13.6 Å². The summed E-state index contributed by atoms with van der Waals surface area (Å²) in [5.41, 5.74) is 0. The molecule has 0 aliphatic carbocycles. The van der Waals surface area contributed by atoms with E-state index in [1.807, 2.05) is 36.4 Å². The van der Waals surface area contributed by atoms with Gasteiger partial charge in [-0.3, -0.25) is 0 Å². The maximum Gasteiger partial charge on any atom is 0.407 e. The second-order valence-electron chi connectivity index (χ2n) is 5.04. The lowest BCUT2D eigenvalue weighted by Gasteiger charge is -2.31. The first-order chi connectivity index (χ1) is 10.8. The van der Waals surface area contributed by atoms with Gasteiger partial charge in [-0.25, -0.2) is 0 Å². The molecular weight excluding hydrogens is 292 g/mol. The molecule has 2 aromatic carbocycles. The van der Waals surface area contributed by atoms with Gasteiger partial charge in [-0.2, -0.15) is 0 Å². The van der Waals surface area contributed by atoms with Crippen molar-refractivity contribution in [3.8, 4) is 0 Å². The van der Waals surface area contributed by atoms with Crippen molar-refractivity contribution in [3.05, 3.63) is 60.7 Å². The van der Waals surface area contributed by atoms with Gasteiger partial charge in [0.25, 0.3) is 0 Å². The van der Waals surface area contributed by atoms with Crippen molar-refractivity contribution in [2.75, 3.05) is 26.9 Å². The van der Waals surface area contributed by atoms with Gasteiger partial charge in [0.05, 0.1) is 13.2 Å². The molecule has 0 aliphatic rings. The summed E-state index contributed by atoms with van der Waals surface area (Å²) in [6.45, 7) is 3.88. The Labute approximate surface area is 134 Å². The number of ether oxygens (including phenoxy) is 1. The van der Waals surface area contributed by atoms with Crippen molar-refractivity contribution >= 4 is 18.9 Å². The number of benzene rings is 2. The van der Waals surface area contributed by atoms with E-state index in [9.17, 15) is 0 Å². The van der Waals surface area contributed by atoms with Crippen LogP contribution in [0.15, 0.2) is 60.7 Å². The molecule has 0 saturated heterocycles. The van der Waals surface area contributed by atoms with Crippen molar-refractivity contribution in [2.45, 2.75) is 13.3 Å². The number of hydrogen-bond donors (Lipinski definition) is 0. The SMILES string of the molecule is CCCO[Si](OCCOC)(c1ccccc1)c1ccccc1. The minimum atomic E-state index is -2.69. The number of rotatable bonds is 9. The summed E-state index contributed by atoms with van der Waals surface area (Å²) < 4.78 is 17.8. The van der Waals surface area contributed by atoms with E-state index in [0.29, 0.717) is 19.8 Å². The standard InChI is InChI=1S/C18H24O3Si/c1-3-14-20-22(21-16-15-19-2,17-10-6-4-7-11-17)18-12-8-5-9-13-18/h4-13H,3,14-16H2,1-2H3. The second kappa shape index (κ2) is 8.85. The normalized spacial score (nSPS) is 11.5. The molecule has 4 heteroatoms. The van der Waals surface area contributed by atoms with Crippen LogP contribution in [0, 0.1) is 0 Å².